The van der Waals surface area contributed by atoms with Crippen molar-refractivity contribution in [1.82, 2.24) is 9.88 Å². The highest BCUT2D eigenvalue weighted by molar-refractivity contribution is 6.33. The largest absolute Gasteiger partial charge is 0.444 e. The van der Waals surface area contributed by atoms with E-state index >= 15 is 0 Å². The molecule has 1 amide bonds. The van der Waals surface area contributed by atoms with Crippen molar-refractivity contribution in [2.75, 3.05) is 25.0 Å². The molecule has 7 heteroatoms. The van der Waals surface area contributed by atoms with Crippen molar-refractivity contribution in [2.45, 2.75) is 32.5 Å². The first-order valence-corrected chi connectivity index (χ1v) is 9.27. The number of hydrogen-bond donors (Lipinski definition) is 1. The lowest BCUT2D eigenvalue weighted by atomic mass is 10.1. The fourth-order valence-corrected chi connectivity index (χ4v) is 2.91. The highest BCUT2D eigenvalue weighted by Gasteiger charge is 2.28. The summed E-state index contributed by atoms with van der Waals surface area (Å²) in [7, 11) is 0. The molecule has 1 aliphatic heterocycles. The number of hydrogen-bond acceptors (Lipinski definition) is 5. The Morgan fingerprint density at radius 3 is 2.70 bits per heavy atom. The molecule has 1 aliphatic rings. The molecule has 1 fully saturated rings. The number of anilines is 2. The van der Waals surface area contributed by atoms with Crippen LogP contribution in [0.25, 0.3) is 0 Å². The lowest BCUT2D eigenvalue weighted by Gasteiger charge is -2.34. The number of carbonyl (C=O) groups excluding carboxylic acids is 1. The number of rotatable bonds is 3. The summed E-state index contributed by atoms with van der Waals surface area (Å²) in [6, 6.07) is 11.4. The maximum absolute atomic E-state index is 12.3. The van der Waals surface area contributed by atoms with Crippen LogP contribution in [0.1, 0.15) is 32.4 Å². The van der Waals surface area contributed by atoms with Crippen LogP contribution in [0.5, 0.6) is 0 Å². The summed E-state index contributed by atoms with van der Waals surface area (Å²) in [5.41, 5.74) is 1.37. The normalized spacial score (nSPS) is 17.5. The molecule has 144 valence electrons. The van der Waals surface area contributed by atoms with Gasteiger partial charge in [0.05, 0.1) is 18.2 Å². The molecule has 0 unspecified atom stereocenters. The number of morpholine rings is 1. The molecule has 2 heterocycles. The zero-order chi connectivity index (χ0) is 19.4. The summed E-state index contributed by atoms with van der Waals surface area (Å²) in [6.07, 6.45) is 1.20. The zero-order valence-electron chi connectivity index (χ0n) is 15.7. The third kappa shape index (κ3) is 5.34. The van der Waals surface area contributed by atoms with E-state index in [4.69, 9.17) is 21.1 Å². The first kappa shape index (κ1) is 19.5. The molecular weight excluding hydrogens is 366 g/mol. The monoisotopic (exact) mass is 389 g/mol. The number of halogens is 1. The molecule has 3 rings (SSSR count). The number of carbonyl (C=O) groups is 1. The average Bonchev–Trinajstić information content (AvgIpc) is 2.63. The van der Waals surface area contributed by atoms with Crippen LogP contribution in [0.2, 0.25) is 5.02 Å². The molecular formula is C20H24ClN3O3. The zero-order valence-corrected chi connectivity index (χ0v) is 16.5. The summed E-state index contributed by atoms with van der Waals surface area (Å²) in [5.74, 6) is 0.608. The predicted octanol–water partition coefficient (Wildman–Crippen LogP) is 4.79. The molecule has 6 nitrogen and oxygen atoms in total. The van der Waals surface area contributed by atoms with E-state index in [1.807, 2.05) is 45.0 Å². The van der Waals surface area contributed by atoms with Gasteiger partial charge in [-0.25, -0.2) is 9.78 Å². The Labute approximate surface area is 164 Å². The quantitative estimate of drug-likeness (QED) is 0.817. The molecule has 1 aromatic heterocycles. The van der Waals surface area contributed by atoms with Gasteiger partial charge >= 0.3 is 6.09 Å². The highest BCUT2D eigenvalue weighted by atomic mass is 35.5. The van der Waals surface area contributed by atoms with Gasteiger partial charge in [-0.15, -0.1) is 0 Å². The van der Waals surface area contributed by atoms with E-state index < -0.39 is 5.60 Å². The van der Waals surface area contributed by atoms with E-state index in [1.54, 1.807) is 23.2 Å². The van der Waals surface area contributed by atoms with Gasteiger partial charge in [0, 0.05) is 18.4 Å². The van der Waals surface area contributed by atoms with Crippen LogP contribution in [0, 0.1) is 0 Å². The molecule has 1 N–H and O–H groups in total. The Balaban J connectivity index is 1.64. The standard InChI is InChI=1S/C20H24ClN3O3/c1-20(2,3)27-19(25)24-11-12-26-17(13-24)14-6-8-15(9-7-14)23-18-16(21)5-4-10-22-18/h4-10,17H,11-13H2,1-3H3,(H,22,23)/t17-/m1/s1. The maximum atomic E-state index is 12.3. The van der Waals surface area contributed by atoms with E-state index in [2.05, 4.69) is 10.3 Å². The van der Waals surface area contributed by atoms with Gasteiger partial charge in [0.1, 0.15) is 17.5 Å². The number of pyridine rings is 1. The van der Waals surface area contributed by atoms with E-state index in [0.717, 1.165) is 11.3 Å². The van der Waals surface area contributed by atoms with E-state index in [9.17, 15) is 4.79 Å². The summed E-state index contributed by atoms with van der Waals surface area (Å²) < 4.78 is 11.3. The summed E-state index contributed by atoms with van der Waals surface area (Å²) in [6.45, 7) is 7.07. The molecule has 1 saturated heterocycles. The number of aromatic nitrogens is 1. The van der Waals surface area contributed by atoms with Gasteiger partial charge < -0.3 is 19.7 Å². The summed E-state index contributed by atoms with van der Waals surface area (Å²) in [5, 5.41) is 3.75. The Kier molecular flexibility index (Phi) is 5.87. The second kappa shape index (κ2) is 8.15. The third-order valence-electron chi connectivity index (χ3n) is 4.02. The van der Waals surface area contributed by atoms with E-state index in [1.165, 1.54) is 0 Å². The van der Waals surface area contributed by atoms with Crippen LogP contribution >= 0.6 is 11.6 Å². The van der Waals surface area contributed by atoms with Crippen molar-refractivity contribution in [3.05, 3.63) is 53.2 Å². The molecule has 27 heavy (non-hydrogen) atoms. The second-order valence-corrected chi connectivity index (χ2v) is 7.77. The van der Waals surface area contributed by atoms with Gasteiger partial charge in [0.2, 0.25) is 0 Å². The van der Waals surface area contributed by atoms with Gasteiger partial charge in [0.25, 0.3) is 0 Å². The minimum absolute atomic E-state index is 0.182. The van der Waals surface area contributed by atoms with Gasteiger partial charge in [-0.2, -0.15) is 0 Å². The first-order chi connectivity index (χ1) is 12.8. The van der Waals surface area contributed by atoms with Crippen LogP contribution in [-0.2, 0) is 9.47 Å². The molecule has 1 aromatic carbocycles. The first-order valence-electron chi connectivity index (χ1n) is 8.89. The Bertz CT molecular complexity index is 790. The number of amides is 1. The predicted molar refractivity (Wildman–Crippen MR) is 105 cm³/mol. The van der Waals surface area contributed by atoms with Crippen LogP contribution in [0.4, 0.5) is 16.3 Å². The second-order valence-electron chi connectivity index (χ2n) is 7.37. The number of ether oxygens (including phenoxy) is 2. The number of nitrogens with zero attached hydrogens (tertiary/aromatic N) is 2. The molecule has 0 saturated carbocycles. The SMILES string of the molecule is CC(C)(C)OC(=O)N1CCO[C@@H](c2ccc(Nc3ncccc3Cl)cc2)C1. The minimum Gasteiger partial charge on any atom is -0.444 e. The van der Waals surface area contributed by atoms with Gasteiger partial charge in [-0.3, -0.25) is 0 Å². The smallest absolute Gasteiger partial charge is 0.410 e. The van der Waals surface area contributed by atoms with Crippen molar-refractivity contribution in [1.29, 1.82) is 0 Å². The van der Waals surface area contributed by atoms with E-state index in [-0.39, 0.29) is 12.2 Å². The van der Waals surface area contributed by atoms with Crippen molar-refractivity contribution < 1.29 is 14.3 Å². The topological polar surface area (TPSA) is 63.7 Å². The number of nitrogens with one attached hydrogen (secondary N) is 1. The molecule has 0 bridgehead atoms. The fraction of sp³-hybridized carbons (Fsp3) is 0.400. The van der Waals surface area contributed by atoms with Gasteiger partial charge in [-0.1, -0.05) is 23.7 Å². The van der Waals surface area contributed by atoms with Crippen LogP contribution in [0.15, 0.2) is 42.6 Å². The molecule has 0 spiro atoms. The molecule has 0 radical (unpaired) electrons. The van der Waals surface area contributed by atoms with Crippen molar-refractivity contribution >= 4 is 29.2 Å². The molecule has 0 aliphatic carbocycles. The molecule has 1 atom stereocenters. The average molecular weight is 390 g/mol. The lowest BCUT2D eigenvalue weighted by molar-refractivity contribution is -0.0432. The van der Waals surface area contributed by atoms with Crippen molar-refractivity contribution in [2.24, 2.45) is 0 Å². The third-order valence-corrected chi connectivity index (χ3v) is 4.33. The van der Waals surface area contributed by atoms with Crippen molar-refractivity contribution in [3.8, 4) is 0 Å². The summed E-state index contributed by atoms with van der Waals surface area (Å²) in [4.78, 5) is 18.2. The Hall–Kier alpha value is -2.31. The van der Waals surface area contributed by atoms with Crippen LogP contribution in [0.3, 0.4) is 0 Å². The fourth-order valence-electron chi connectivity index (χ4n) is 2.74. The maximum Gasteiger partial charge on any atom is 0.410 e. The highest BCUT2D eigenvalue weighted by Crippen LogP contribution is 2.27. The van der Waals surface area contributed by atoms with Crippen LogP contribution < -0.4 is 5.32 Å². The summed E-state index contributed by atoms with van der Waals surface area (Å²) >= 11 is 6.12. The van der Waals surface area contributed by atoms with Gasteiger partial charge in [0.15, 0.2) is 0 Å². The number of benzene rings is 1. The Morgan fingerprint density at radius 1 is 1.30 bits per heavy atom. The van der Waals surface area contributed by atoms with Crippen LogP contribution in [-0.4, -0.2) is 41.3 Å². The lowest BCUT2D eigenvalue weighted by Crippen LogP contribution is -2.44. The van der Waals surface area contributed by atoms with Gasteiger partial charge in [-0.05, 0) is 50.6 Å². The Morgan fingerprint density at radius 2 is 2.04 bits per heavy atom. The minimum atomic E-state index is -0.509. The van der Waals surface area contributed by atoms with E-state index in [0.29, 0.717) is 30.5 Å². The molecule has 2 aromatic rings. The van der Waals surface area contributed by atoms with Crippen molar-refractivity contribution in [3.63, 3.8) is 0 Å².